The predicted molar refractivity (Wildman–Crippen MR) is 193 cm³/mol. The summed E-state index contributed by atoms with van der Waals surface area (Å²) in [5.74, 6) is -0.340. The quantitative estimate of drug-likeness (QED) is 0.200. The van der Waals surface area contributed by atoms with Gasteiger partial charge in [0.05, 0.1) is 24.4 Å². The van der Waals surface area contributed by atoms with Crippen LogP contribution in [0, 0.1) is 11.8 Å². The molecule has 0 saturated carbocycles. The van der Waals surface area contributed by atoms with E-state index in [1.807, 2.05) is 86.6 Å². The first-order valence-corrected chi connectivity index (χ1v) is 17.9. The first kappa shape index (κ1) is 34.3. The van der Waals surface area contributed by atoms with Crippen LogP contribution >= 0.6 is 0 Å². The Morgan fingerprint density at radius 3 is 1.10 bits per heavy atom. The van der Waals surface area contributed by atoms with Crippen molar-refractivity contribution in [1.29, 1.82) is 0 Å². The van der Waals surface area contributed by atoms with Crippen molar-refractivity contribution < 1.29 is 33.3 Å². The molecule has 4 aromatic carbocycles. The lowest BCUT2D eigenvalue weighted by atomic mass is 9.70. The zero-order valence-corrected chi connectivity index (χ0v) is 29.2. The average Bonchev–Trinajstić information content (AvgIpc) is 3.65. The molecule has 2 unspecified atom stereocenters. The summed E-state index contributed by atoms with van der Waals surface area (Å²) in [5.41, 5.74) is 3.12. The van der Waals surface area contributed by atoms with Crippen LogP contribution in [0.5, 0.6) is 0 Å². The summed E-state index contributed by atoms with van der Waals surface area (Å²) in [6.07, 6.45) is 2.78. The predicted octanol–water partition coefficient (Wildman–Crippen LogP) is 8.39. The van der Waals surface area contributed by atoms with Crippen LogP contribution in [0.15, 0.2) is 144 Å². The van der Waals surface area contributed by atoms with Gasteiger partial charge in [0.15, 0.2) is 11.2 Å². The Balaban J connectivity index is 1.29. The van der Waals surface area contributed by atoms with E-state index in [1.54, 1.807) is 0 Å². The van der Waals surface area contributed by atoms with E-state index in [0.29, 0.717) is 35.5 Å². The smallest absolute Gasteiger partial charge is 0.337 e. The molecule has 0 amide bonds. The first-order valence-electron chi connectivity index (χ1n) is 17.9. The minimum atomic E-state index is -0.930. The van der Waals surface area contributed by atoms with E-state index in [2.05, 4.69) is 48.5 Å². The van der Waals surface area contributed by atoms with Crippen molar-refractivity contribution in [2.24, 2.45) is 11.8 Å². The molecule has 3 aliphatic heterocycles. The van der Waals surface area contributed by atoms with Gasteiger partial charge in [0.1, 0.15) is 24.7 Å². The third-order valence-electron chi connectivity index (χ3n) is 10.5. The van der Waals surface area contributed by atoms with Crippen molar-refractivity contribution in [3.63, 3.8) is 0 Å². The molecule has 1 fully saturated rings. The van der Waals surface area contributed by atoms with Crippen LogP contribution in [-0.2, 0) is 44.5 Å². The number of carbonyl (C=O) groups is 2. The molecular weight excluding hydrogens is 640 g/mol. The van der Waals surface area contributed by atoms with Gasteiger partial charge in [-0.05, 0) is 26.7 Å². The summed E-state index contributed by atoms with van der Waals surface area (Å²) in [7, 11) is 0. The van der Waals surface area contributed by atoms with Crippen LogP contribution in [-0.4, -0.2) is 38.4 Å². The van der Waals surface area contributed by atoms with Gasteiger partial charge in [-0.2, -0.15) is 0 Å². The van der Waals surface area contributed by atoms with Crippen molar-refractivity contribution in [3.05, 3.63) is 166 Å². The summed E-state index contributed by atoms with van der Waals surface area (Å²) in [5, 5.41) is 0. The van der Waals surface area contributed by atoms with E-state index >= 15 is 0 Å². The summed E-state index contributed by atoms with van der Waals surface area (Å²) in [6.45, 7) is 4.20. The maximum atomic E-state index is 13.9. The maximum Gasteiger partial charge on any atom is 0.337 e. The van der Waals surface area contributed by atoms with Crippen LogP contribution in [0.2, 0.25) is 0 Å². The number of carbonyl (C=O) groups excluding carboxylic acids is 2. The fourth-order valence-corrected chi connectivity index (χ4v) is 8.36. The zero-order chi connectivity index (χ0) is 35.3. The largest absolute Gasteiger partial charge is 0.481 e. The molecule has 3 aliphatic rings. The number of hydrogen-bond acceptors (Lipinski definition) is 7. The van der Waals surface area contributed by atoms with Gasteiger partial charge >= 0.3 is 11.9 Å². The number of ether oxygens (including phenoxy) is 5. The highest BCUT2D eigenvalue weighted by Crippen LogP contribution is 2.55. The lowest BCUT2D eigenvalue weighted by molar-refractivity contribution is -0.142. The summed E-state index contributed by atoms with van der Waals surface area (Å²) >= 11 is 0. The Hall–Kier alpha value is -5.14. The van der Waals surface area contributed by atoms with E-state index in [-0.39, 0.29) is 38.3 Å². The lowest BCUT2D eigenvalue weighted by Crippen LogP contribution is -2.37. The number of fused-ring (bicyclic) bond motifs is 2. The fourth-order valence-electron chi connectivity index (χ4n) is 8.36. The molecule has 0 aromatic heterocycles. The average molecular weight is 685 g/mol. The van der Waals surface area contributed by atoms with Gasteiger partial charge < -0.3 is 23.7 Å². The van der Waals surface area contributed by atoms with Crippen molar-refractivity contribution >= 4 is 11.9 Å². The molecule has 7 heteroatoms. The Kier molecular flexibility index (Phi) is 10.1. The number of rotatable bonds is 4. The SMILES string of the molecule is CC1=C2C(=O)OCCOCCOC(=O)C3=C(C)OC(c4ccccc4)(c4ccccc4)C3CCCCC2C(c2ccccc2)(c2ccccc2)O1. The monoisotopic (exact) mass is 684 g/mol. The number of esters is 2. The second-order valence-electron chi connectivity index (χ2n) is 13.4. The van der Waals surface area contributed by atoms with E-state index in [9.17, 15) is 9.59 Å². The van der Waals surface area contributed by atoms with E-state index in [4.69, 9.17) is 23.7 Å². The van der Waals surface area contributed by atoms with Gasteiger partial charge in [0, 0.05) is 34.1 Å². The minimum absolute atomic E-state index is 0.0663. The molecule has 2 atom stereocenters. The first-order chi connectivity index (χ1) is 25.0. The molecular formula is C44H44O7. The number of hydrogen-bond donors (Lipinski definition) is 0. The summed E-state index contributed by atoms with van der Waals surface area (Å²) < 4.78 is 31.2. The highest BCUT2D eigenvalue weighted by atomic mass is 16.6. The Labute approximate surface area is 299 Å². The van der Waals surface area contributed by atoms with Gasteiger partial charge in [0.2, 0.25) is 0 Å². The van der Waals surface area contributed by atoms with Gasteiger partial charge in [-0.1, -0.05) is 134 Å². The van der Waals surface area contributed by atoms with Gasteiger partial charge in [-0.3, -0.25) is 0 Å². The molecule has 3 heterocycles. The molecule has 4 aromatic rings. The molecule has 7 nitrogen and oxygen atoms in total. The van der Waals surface area contributed by atoms with Crippen LogP contribution in [0.3, 0.4) is 0 Å². The standard InChI is InChI=1S/C44H44O7/c1-31-39-37(43(50-31,33-17-7-3-8-18-33)34-19-9-4-10-20-34)25-15-16-26-38-40(42(46)49-30-28-47-27-29-48-41(39)45)32(2)51-44(38,35-21-11-5-12-22-35)36-23-13-6-14-24-36/h3-14,17-24,37-38H,15-16,25-30H2,1-2H3. The normalized spacial score (nSPS) is 22.5. The fraction of sp³-hybridized carbons (Fsp3) is 0.318. The molecule has 1 saturated heterocycles. The Morgan fingerprint density at radius 1 is 0.471 bits per heavy atom. The van der Waals surface area contributed by atoms with Gasteiger partial charge in [-0.25, -0.2) is 9.59 Å². The summed E-state index contributed by atoms with van der Waals surface area (Å²) in [4.78, 5) is 27.8. The molecule has 0 aliphatic carbocycles. The summed E-state index contributed by atoms with van der Waals surface area (Å²) in [6, 6.07) is 40.6. The maximum absolute atomic E-state index is 13.9. The third-order valence-corrected chi connectivity index (χ3v) is 10.5. The molecule has 51 heavy (non-hydrogen) atoms. The van der Waals surface area contributed by atoms with Crippen molar-refractivity contribution in [2.75, 3.05) is 26.4 Å². The molecule has 0 radical (unpaired) electrons. The van der Waals surface area contributed by atoms with Gasteiger partial charge in [0.25, 0.3) is 0 Å². The molecule has 262 valence electrons. The topological polar surface area (TPSA) is 80.3 Å². The number of allylic oxidation sites excluding steroid dienone is 2. The van der Waals surface area contributed by atoms with Crippen LogP contribution < -0.4 is 0 Å². The molecule has 0 spiro atoms. The van der Waals surface area contributed by atoms with Gasteiger partial charge in [-0.15, -0.1) is 0 Å². The van der Waals surface area contributed by atoms with Crippen LogP contribution in [0.4, 0.5) is 0 Å². The number of cyclic esters (lactones) is 2. The number of benzene rings is 4. The third kappa shape index (κ3) is 6.36. The van der Waals surface area contributed by atoms with E-state index in [0.717, 1.165) is 35.1 Å². The van der Waals surface area contributed by atoms with Crippen molar-refractivity contribution in [2.45, 2.75) is 50.7 Å². The Bertz CT molecular complexity index is 1670. The highest BCUT2D eigenvalue weighted by molar-refractivity contribution is 5.91. The second kappa shape index (κ2) is 15.0. The van der Waals surface area contributed by atoms with E-state index < -0.39 is 23.1 Å². The molecule has 0 bridgehead atoms. The second-order valence-corrected chi connectivity index (χ2v) is 13.4. The van der Waals surface area contributed by atoms with E-state index in [1.165, 1.54) is 0 Å². The minimum Gasteiger partial charge on any atom is -0.481 e. The van der Waals surface area contributed by atoms with Crippen molar-refractivity contribution in [3.8, 4) is 0 Å². The lowest BCUT2D eigenvalue weighted by Gasteiger charge is -2.38. The molecule has 7 rings (SSSR count). The van der Waals surface area contributed by atoms with Crippen LogP contribution in [0.25, 0.3) is 0 Å². The molecule has 0 N–H and O–H groups in total. The zero-order valence-electron chi connectivity index (χ0n) is 29.2. The highest BCUT2D eigenvalue weighted by Gasteiger charge is 2.55. The van der Waals surface area contributed by atoms with Crippen LogP contribution in [0.1, 0.15) is 61.8 Å². The Morgan fingerprint density at radius 2 is 0.784 bits per heavy atom. The van der Waals surface area contributed by atoms with Crippen molar-refractivity contribution in [1.82, 2.24) is 0 Å².